The molecule has 0 fully saturated rings. The van der Waals surface area contributed by atoms with Crippen LogP contribution in [0, 0.1) is 0 Å². The lowest BCUT2D eigenvalue weighted by molar-refractivity contribution is 0.302. The summed E-state index contributed by atoms with van der Waals surface area (Å²) in [5, 5.41) is 4.76. The van der Waals surface area contributed by atoms with Crippen molar-refractivity contribution in [3.63, 3.8) is 0 Å². The van der Waals surface area contributed by atoms with Crippen LogP contribution in [0.4, 0.5) is 0 Å². The minimum absolute atomic E-state index is 0.433. The van der Waals surface area contributed by atoms with E-state index in [1.807, 2.05) is 18.2 Å². The maximum atomic E-state index is 6.39. The van der Waals surface area contributed by atoms with E-state index in [0.717, 1.165) is 78.1 Å². The smallest absolute Gasteiger partial charge is 0.166 e. The minimum atomic E-state index is 0.433. The topological polar surface area (TPSA) is 52.8 Å². The molecule has 286 valence electrons. The van der Waals surface area contributed by atoms with Gasteiger partial charge in [0.1, 0.15) is 12.4 Å². The second-order valence-electron chi connectivity index (χ2n) is 15.6. The standard InChI is InChI=1S/C56H36N4O/c1-3-14-36(15-4-1)38-26-28-39(29-27-38)54-57-55(43-21-13-20-40(30-43)37-16-5-2-6-17-37)59-56(58-54)49-32-44-35-61-53-25-12-10-23-46(53)47(44)34-52(49)60-50-24-11-9-22-45(50)48-31-41-18-7-8-19-42(41)33-51(48)60/h1-34H,35H2. The lowest BCUT2D eigenvalue weighted by Crippen LogP contribution is -2.09. The molecule has 1 aliphatic rings. The zero-order valence-electron chi connectivity index (χ0n) is 33.0. The highest BCUT2D eigenvalue weighted by atomic mass is 16.5. The van der Waals surface area contributed by atoms with Crippen LogP contribution in [-0.4, -0.2) is 19.5 Å². The summed E-state index contributed by atoms with van der Waals surface area (Å²) in [5.74, 6) is 2.66. The molecule has 3 heterocycles. The van der Waals surface area contributed by atoms with Crippen molar-refractivity contribution in [2.75, 3.05) is 0 Å². The Morgan fingerprint density at radius 3 is 1.75 bits per heavy atom. The van der Waals surface area contributed by atoms with Gasteiger partial charge in [-0.05, 0) is 86.6 Å². The SMILES string of the molecule is c1ccc(-c2ccc(-c3nc(-c4cccc(-c5ccccc5)c4)nc(-c4cc5c(cc4-n4c6ccccc6c6cc7ccccc7cc64)-c4ccccc4OC5)n3)cc2)cc1. The van der Waals surface area contributed by atoms with Gasteiger partial charge >= 0.3 is 0 Å². The van der Waals surface area contributed by atoms with Crippen molar-refractivity contribution in [3.8, 4) is 79.0 Å². The highest BCUT2D eigenvalue weighted by Crippen LogP contribution is 2.44. The number of nitrogens with zero attached hydrogens (tertiary/aromatic N) is 4. The molecule has 0 bridgehead atoms. The van der Waals surface area contributed by atoms with E-state index in [1.165, 1.54) is 21.5 Å². The van der Waals surface area contributed by atoms with Crippen molar-refractivity contribution in [2.45, 2.75) is 6.61 Å². The normalized spacial score (nSPS) is 12.0. The molecule has 0 N–H and O–H groups in total. The van der Waals surface area contributed by atoms with Gasteiger partial charge < -0.3 is 9.30 Å². The highest BCUT2D eigenvalue weighted by molar-refractivity contribution is 6.14. The summed E-state index contributed by atoms with van der Waals surface area (Å²) in [6.07, 6.45) is 0. The van der Waals surface area contributed by atoms with E-state index in [4.69, 9.17) is 19.7 Å². The summed E-state index contributed by atoms with van der Waals surface area (Å²) < 4.78 is 8.79. The van der Waals surface area contributed by atoms with Crippen molar-refractivity contribution in [1.82, 2.24) is 19.5 Å². The molecule has 12 rings (SSSR count). The van der Waals surface area contributed by atoms with Crippen LogP contribution in [0.2, 0.25) is 0 Å². The van der Waals surface area contributed by atoms with Crippen LogP contribution in [0.15, 0.2) is 206 Å². The number of hydrogen-bond acceptors (Lipinski definition) is 4. The number of para-hydroxylation sites is 2. The second kappa shape index (κ2) is 14.3. The van der Waals surface area contributed by atoms with Crippen LogP contribution in [-0.2, 0) is 6.61 Å². The summed E-state index contributed by atoms with van der Waals surface area (Å²) in [6, 6.07) is 72.7. The molecule has 5 heteroatoms. The first kappa shape index (κ1) is 34.9. The summed E-state index contributed by atoms with van der Waals surface area (Å²) >= 11 is 0. The largest absolute Gasteiger partial charge is 0.488 e. The highest BCUT2D eigenvalue weighted by Gasteiger charge is 2.25. The first-order valence-electron chi connectivity index (χ1n) is 20.6. The summed E-state index contributed by atoms with van der Waals surface area (Å²) in [7, 11) is 0. The van der Waals surface area contributed by atoms with Crippen LogP contribution < -0.4 is 4.74 Å². The van der Waals surface area contributed by atoms with Gasteiger partial charge in [-0.25, -0.2) is 15.0 Å². The van der Waals surface area contributed by atoms with Crippen molar-refractivity contribution in [2.24, 2.45) is 0 Å². The third kappa shape index (κ3) is 6.06. The Morgan fingerprint density at radius 1 is 0.361 bits per heavy atom. The third-order valence-corrected chi connectivity index (χ3v) is 11.9. The Hall–Kier alpha value is -8.15. The predicted octanol–water partition coefficient (Wildman–Crippen LogP) is 14.0. The third-order valence-electron chi connectivity index (χ3n) is 11.9. The van der Waals surface area contributed by atoms with Crippen LogP contribution in [0.25, 0.3) is 106 Å². The summed E-state index contributed by atoms with van der Waals surface area (Å²) in [4.78, 5) is 16.0. The molecule has 0 aliphatic carbocycles. The van der Waals surface area contributed by atoms with E-state index >= 15 is 0 Å². The fourth-order valence-electron chi connectivity index (χ4n) is 8.92. The van der Waals surface area contributed by atoms with Gasteiger partial charge in [0.15, 0.2) is 17.5 Å². The molecular formula is C56H36N4O. The van der Waals surface area contributed by atoms with Crippen molar-refractivity contribution < 1.29 is 4.74 Å². The number of aromatic nitrogens is 4. The molecule has 0 amide bonds. The van der Waals surface area contributed by atoms with Gasteiger partial charge in [0.25, 0.3) is 0 Å². The van der Waals surface area contributed by atoms with Crippen LogP contribution >= 0.6 is 0 Å². The van der Waals surface area contributed by atoms with Gasteiger partial charge in [0.2, 0.25) is 0 Å². The molecule has 0 spiro atoms. The molecular weight excluding hydrogens is 745 g/mol. The van der Waals surface area contributed by atoms with E-state index in [1.54, 1.807) is 0 Å². The molecule has 0 saturated heterocycles. The maximum Gasteiger partial charge on any atom is 0.166 e. The fourth-order valence-corrected chi connectivity index (χ4v) is 8.92. The molecule has 9 aromatic carbocycles. The first-order valence-corrected chi connectivity index (χ1v) is 20.6. The fraction of sp³-hybridized carbons (Fsp3) is 0.0179. The lowest BCUT2D eigenvalue weighted by atomic mass is 9.93. The van der Waals surface area contributed by atoms with Gasteiger partial charge in [-0.2, -0.15) is 0 Å². The van der Waals surface area contributed by atoms with Crippen molar-refractivity contribution in [1.29, 1.82) is 0 Å². The summed E-state index contributed by atoms with van der Waals surface area (Å²) in [6.45, 7) is 0.433. The molecule has 0 unspecified atom stereocenters. The number of hydrogen-bond donors (Lipinski definition) is 0. The Kier molecular flexibility index (Phi) is 8.17. The zero-order valence-corrected chi connectivity index (χ0v) is 33.0. The molecule has 2 aromatic heterocycles. The Bertz CT molecular complexity index is 3470. The van der Waals surface area contributed by atoms with E-state index in [9.17, 15) is 0 Å². The van der Waals surface area contributed by atoms with Gasteiger partial charge in [0, 0.05) is 33.0 Å². The van der Waals surface area contributed by atoms with E-state index in [2.05, 4.69) is 193 Å². The molecule has 0 saturated carbocycles. The van der Waals surface area contributed by atoms with Gasteiger partial charge in [-0.3, -0.25) is 0 Å². The Balaban J connectivity index is 1.14. The van der Waals surface area contributed by atoms with Gasteiger partial charge in [0.05, 0.1) is 16.7 Å². The quantitative estimate of drug-likeness (QED) is 0.169. The molecule has 11 aromatic rings. The second-order valence-corrected chi connectivity index (χ2v) is 15.6. The number of benzene rings is 9. The Morgan fingerprint density at radius 2 is 0.951 bits per heavy atom. The van der Waals surface area contributed by atoms with Crippen LogP contribution in [0.5, 0.6) is 5.75 Å². The minimum Gasteiger partial charge on any atom is -0.488 e. The molecule has 5 nitrogen and oxygen atoms in total. The van der Waals surface area contributed by atoms with Crippen LogP contribution in [0.1, 0.15) is 5.56 Å². The van der Waals surface area contributed by atoms with Crippen molar-refractivity contribution in [3.05, 3.63) is 212 Å². The maximum absolute atomic E-state index is 6.39. The monoisotopic (exact) mass is 780 g/mol. The van der Waals surface area contributed by atoms with Gasteiger partial charge in [-0.15, -0.1) is 0 Å². The zero-order chi connectivity index (χ0) is 40.3. The average Bonchev–Trinajstić information content (AvgIpc) is 3.66. The molecule has 0 atom stereocenters. The van der Waals surface area contributed by atoms with E-state index < -0.39 is 0 Å². The van der Waals surface area contributed by atoms with E-state index in [-0.39, 0.29) is 0 Å². The molecule has 1 aliphatic heterocycles. The van der Waals surface area contributed by atoms with E-state index in [0.29, 0.717) is 24.1 Å². The average molecular weight is 781 g/mol. The predicted molar refractivity (Wildman–Crippen MR) is 249 cm³/mol. The summed E-state index contributed by atoms with van der Waals surface area (Å²) in [5.41, 5.74) is 13.7. The molecule has 61 heavy (non-hydrogen) atoms. The number of ether oxygens (including phenoxy) is 1. The Labute approximate surface area is 352 Å². The van der Waals surface area contributed by atoms with Gasteiger partial charge in [-0.1, -0.05) is 164 Å². The lowest BCUT2D eigenvalue weighted by Gasteiger charge is -2.24. The van der Waals surface area contributed by atoms with Crippen LogP contribution in [0.3, 0.4) is 0 Å². The van der Waals surface area contributed by atoms with Crippen molar-refractivity contribution >= 4 is 32.6 Å². The molecule has 0 radical (unpaired) electrons. The number of rotatable bonds is 6. The first-order chi connectivity index (χ1) is 30.2. The number of fused-ring (bicyclic) bond motifs is 7.